The fourth-order valence-corrected chi connectivity index (χ4v) is 4.01. The molecule has 1 heterocycles. The first-order chi connectivity index (χ1) is 8.23. The normalized spacial score (nSPS) is 18.9. The van der Waals surface area contributed by atoms with E-state index in [9.17, 15) is 8.42 Å². The molecular weight excluding hydrogens is 316 g/mol. The molecular formula is C12H15BrN2O2S. The second-order valence-electron chi connectivity index (χ2n) is 5.03. The van der Waals surface area contributed by atoms with Gasteiger partial charge >= 0.3 is 0 Å². The summed E-state index contributed by atoms with van der Waals surface area (Å²) in [5, 5.41) is 4.16. The molecule has 0 N–H and O–H groups in total. The lowest BCUT2D eigenvalue weighted by Gasteiger charge is -2.29. The number of halogens is 1. The van der Waals surface area contributed by atoms with Crippen LogP contribution in [-0.2, 0) is 10.0 Å². The van der Waals surface area contributed by atoms with Crippen molar-refractivity contribution in [3.63, 3.8) is 0 Å². The average Bonchev–Trinajstić information content (AvgIpc) is 2.53. The summed E-state index contributed by atoms with van der Waals surface area (Å²) in [6.07, 6.45) is 0.656. The van der Waals surface area contributed by atoms with Gasteiger partial charge in [-0.3, -0.25) is 0 Å². The van der Waals surface area contributed by atoms with Crippen molar-refractivity contribution in [1.82, 2.24) is 4.41 Å². The van der Waals surface area contributed by atoms with E-state index >= 15 is 0 Å². The van der Waals surface area contributed by atoms with Crippen LogP contribution in [-0.4, -0.2) is 24.1 Å². The summed E-state index contributed by atoms with van der Waals surface area (Å²) in [5.41, 5.74) is 0.330. The largest absolute Gasteiger partial charge is 0.279 e. The molecule has 1 aromatic rings. The van der Waals surface area contributed by atoms with Crippen LogP contribution in [0.5, 0.6) is 0 Å². The van der Waals surface area contributed by atoms with Gasteiger partial charge in [-0.15, -0.1) is 0 Å². The third-order valence-corrected chi connectivity index (χ3v) is 5.23. The van der Waals surface area contributed by atoms with Gasteiger partial charge in [0.1, 0.15) is 0 Å². The van der Waals surface area contributed by atoms with Gasteiger partial charge < -0.3 is 0 Å². The first-order valence-corrected chi connectivity index (χ1v) is 7.82. The van der Waals surface area contributed by atoms with Gasteiger partial charge in [0.2, 0.25) is 0 Å². The zero-order valence-corrected chi connectivity index (χ0v) is 12.9. The number of hydrogen-bond donors (Lipinski definition) is 0. The molecule has 0 radical (unpaired) electrons. The zero-order valence-electron chi connectivity index (χ0n) is 10.5. The van der Waals surface area contributed by atoms with E-state index < -0.39 is 15.6 Å². The van der Waals surface area contributed by atoms with Crippen molar-refractivity contribution >= 4 is 31.7 Å². The van der Waals surface area contributed by atoms with E-state index in [-0.39, 0.29) is 4.90 Å². The van der Waals surface area contributed by atoms with Gasteiger partial charge in [-0.1, -0.05) is 15.9 Å². The lowest BCUT2D eigenvalue weighted by atomic mass is 10.0. The monoisotopic (exact) mass is 330 g/mol. The van der Waals surface area contributed by atoms with Gasteiger partial charge in [0.25, 0.3) is 10.0 Å². The van der Waals surface area contributed by atoms with E-state index in [4.69, 9.17) is 0 Å². The summed E-state index contributed by atoms with van der Waals surface area (Å²) in [7, 11) is -3.57. The molecule has 0 bridgehead atoms. The lowest BCUT2D eigenvalue weighted by molar-refractivity contribution is 0.269. The number of hydrazone groups is 1. The van der Waals surface area contributed by atoms with Crippen molar-refractivity contribution in [2.45, 2.75) is 37.6 Å². The molecule has 1 aromatic carbocycles. The van der Waals surface area contributed by atoms with E-state index in [0.29, 0.717) is 6.42 Å². The molecule has 4 nitrogen and oxygen atoms in total. The minimum Gasteiger partial charge on any atom is -0.200 e. The maximum Gasteiger partial charge on any atom is 0.279 e. The number of nitrogens with zero attached hydrogens (tertiary/aromatic N) is 2. The summed E-state index contributed by atoms with van der Waals surface area (Å²) >= 11 is 3.29. The fraction of sp³-hybridized carbons (Fsp3) is 0.417. The predicted molar refractivity (Wildman–Crippen MR) is 75.0 cm³/mol. The molecule has 0 aromatic heterocycles. The van der Waals surface area contributed by atoms with Gasteiger partial charge in [-0.05, 0) is 45.0 Å². The van der Waals surface area contributed by atoms with Crippen LogP contribution in [0.25, 0.3) is 0 Å². The van der Waals surface area contributed by atoms with Gasteiger partial charge in [0.05, 0.1) is 10.4 Å². The molecule has 0 amide bonds. The van der Waals surface area contributed by atoms with Crippen LogP contribution in [0.4, 0.5) is 0 Å². The van der Waals surface area contributed by atoms with Gasteiger partial charge in [-0.25, -0.2) is 0 Å². The highest BCUT2D eigenvalue weighted by molar-refractivity contribution is 9.10. The Morgan fingerprint density at radius 3 is 2.28 bits per heavy atom. The first kappa shape index (κ1) is 13.5. The smallest absolute Gasteiger partial charge is 0.200 e. The third-order valence-electron chi connectivity index (χ3n) is 2.81. The minimum absolute atomic E-state index is 0.261. The Balaban J connectivity index is 2.46. The molecule has 1 aliphatic heterocycles. The standard InChI is InChI=1S/C12H15BrN2O2S/c1-9-8-12(2,3)15(14-9)18(16,17)11-6-4-10(13)5-7-11/h4-7H,8H2,1-3H3. The molecule has 0 atom stereocenters. The summed E-state index contributed by atoms with van der Waals surface area (Å²) in [6, 6.07) is 6.59. The van der Waals surface area contributed by atoms with Crippen LogP contribution in [0.2, 0.25) is 0 Å². The van der Waals surface area contributed by atoms with Crippen LogP contribution >= 0.6 is 15.9 Å². The Morgan fingerprint density at radius 1 is 1.28 bits per heavy atom. The first-order valence-electron chi connectivity index (χ1n) is 5.58. The Kier molecular flexibility index (Phi) is 3.27. The molecule has 0 saturated carbocycles. The van der Waals surface area contributed by atoms with Crippen molar-refractivity contribution in [3.05, 3.63) is 28.7 Å². The van der Waals surface area contributed by atoms with Gasteiger partial charge in [-0.2, -0.15) is 17.9 Å². The lowest BCUT2D eigenvalue weighted by Crippen LogP contribution is -2.40. The molecule has 0 spiro atoms. The minimum atomic E-state index is -3.57. The predicted octanol–water partition coefficient (Wildman–Crippen LogP) is 3.00. The topological polar surface area (TPSA) is 49.7 Å². The number of rotatable bonds is 2. The molecule has 18 heavy (non-hydrogen) atoms. The molecule has 0 fully saturated rings. The van der Waals surface area contributed by atoms with Crippen LogP contribution in [0.1, 0.15) is 27.2 Å². The molecule has 98 valence electrons. The summed E-state index contributed by atoms with van der Waals surface area (Å²) in [6.45, 7) is 5.60. The van der Waals surface area contributed by atoms with Crippen molar-refractivity contribution in [2.75, 3.05) is 0 Å². The maximum atomic E-state index is 12.5. The van der Waals surface area contributed by atoms with E-state index in [1.165, 1.54) is 4.41 Å². The highest BCUT2D eigenvalue weighted by Crippen LogP contribution is 2.33. The molecule has 0 saturated heterocycles. The van der Waals surface area contributed by atoms with Gasteiger partial charge in [0.15, 0.2) is 0 Å². The molecule has 2 rings (SSSR count). The van der Waals surface area contributed by atoms with E-state index in [0.717, 1.165) is 10.2 Å². The quantitative estimate of drug-likeness (QED) is 0.836. The SMILES string of the molecule is CC1=NN(S(=O)(=O)c2ccc(Br)cc2)C(C)(C)C1. The second-order valence-corrected chi connectivity index (χ2v) is 7.71. The maximum absolute atomic E-state index is 12.5. The highest BCUT2D eigenvalue weighted by atomic mass is 79.9. The summed E-state index contributed by atoms with van der Waals surface area (Å²) in [4.78, 5) is 0.261. The number of hydrogen-bond acceptors (Lipinski definition) is 3. The Bertz CT molecular complexity index is 591. The Labute approximate surface area is 116 Å². The summed E-state index contributed by atoms with van der Waals surface area (Å²) < 4.78 is 27.1. The van der Waals surface area contributed by atoms with Gasteiger partial charge in [0, 0.05) is 16.6 Å². The van der Waals surface area contributed by atoms with Crippen molar-refractivity contribution in [2.24, 2.45) is 5.10 Å². The van der Waals surface area contributed by atoms with Crippen LogP contribution < -0.4 is 0 Å². The van der Waals surface area contributed by atoms with Crippen LogP contribution in [0, 0.1) is 0 Å². The molecule has 0 aliphatic carbocycles. The molecule has 6 heteroatoms. The van der Waals surface area contributed by atoms with Crippen molar-refractivity contribution < 1.29 is 8.42 Å². The molecule has 1 aliphatic rings. The second kappa shape index (κ2) is 4.35. The third kappa shape index (κ3) is 2.31. The zero-order chi connectivity index (χ0) is 13.6. The summed E-state index contributed by atoms with van der Waals surface area (Å²) in [5.74, 6) is 0. The number of benzene rings is 1. The van der Waals surface area contributed by atoms with Crippen LogP contribution in [0.3, 0.4) is 0 Å². The Hall–Kier alpha value is -0.880. The fourth-order valence-electron chi connectivity index (χ4n) is 2.10. The van der Waals surface area contributed by atoms with Crippen molar-refractivity contribution in [1.29, 1.82) is 0 Å². The average molecular weight is 331 g/mol. The highest BCUT2D eigenvalue weighted by Gasteiger charge is 2.40. The number of sulfonamides is 1. The van der Waals surface area contributed by atoms with Crippen LogP contribution in [0.15, 0.2) is 38.7 Å². The van der Waals surface area contributed by atoms with Crippen molar-refractivity contribution in [3.8, 4) is 0 Å². The molecule has 0 unspecified atom stereocenters. The van der Waals surface area contributed by atoms with E-state index in [1.54, 1.807) is 24.3 Å². The Morgan fingerprint density at radius 2 is 1.83 bits per heavy atom. The van der Waals surface area contributed by atoms with E-state index in [2.05, 4.69) is 21.0 Å². The van der Waals surface area contributed by atoms with E-state index in [1.807, 2.05) is 20.8 Å².